The Balaban J connectivity index is 1.67. The van der Waals surface area contributed by atoms with Crippen LogP contribution in [0.1, 0.15) is 16.1 Å². The molecule has 0 fully saturated rings. The van der Waals surface area contributed by atoms with Crippen LogP contribution < -0.4 is 20.3 Å². The normalized spacial score (nSPS) is 12.8. The molecule has 0 unspecified atom stereocenters. The summed E-state index contributed by atoms with van der Waals surface area (Å²) in [5, 5.41) is 7.92. The van der Waals surface area contributed by atoms with E-state index < -0.39 is 0 Å². The van der Waals surface area contributed by atoms with Gasteiger partial charge in [0.25, 0.3) is 11.5 Å². The highest BCUT2D eigenvalue weighted by Gasteiger charge is 2.16. The number of amides is 1. The second kappa shape index (κ2) is 7.11. The van der Waals surface area contributed by atoms with E-state index in [0.717, 1.165) is 11.3 Å². The van der Waals surface area contributed by atoms with Gasteiger partial charge in [0, 0.05) is 19.0 Å². The summed E-state index contributed by atoms with van der Waals surface area (Å²) in [6.07, 6.45) is 0.578. The monoisotopic (exact) mass is 365 g/mol. The minimum absolute atomic E-state index is 0.212. The van der Waals surface area contributed by atoms with E-state index in [1.807, 2.05) is 18.2 Å². The van der Waals surface area contributed by atoms with Gasteiger partial charge >= 0.3 is 0 Å². The van der Waals surface area contributed by atoms with Crippen molar-refractivity contribution in [3.8, 4) is 11.5 Å². The Labute approximate surface area is 155 Å². The second-order valence-corrected chi connectivity index (χ2v) is 6.23. The fraction of sp³-hybridized carbons (Fsp3) is 0.250. The van der Waals surface area contributed by atoms with Crippen LogP contribution in [0.5, 0.6) is 11.5 Å². The summed E-state index contributed by atoms with van der Waals surface area (Å²) >= 11 is 0. The third-order valence-corrected chi connectivity index (χ3v) is 4.53. The van der Waals surface area contributed by atoms with Crippen LogP contribution in [0, 0.1) is 0 Å². The summed E-state index contributed by atoms with van der Waals surface area (Å²) in [7, 11) is 1.55. The maximum Gasteiger partial charge on any atom is 0.274 e. The maximum absolute atomic E-state index is 12.8. The Bertz CT molecular complexity index is 1070. The predicted molar refractivity (Wildman–Crippen MR) is 101 cm³/mol. The van der Waals surface area contributed by atoms with Crippen LogP contribution >= 0.6 is 0 Å². The molecule has 7 heteroatoms. The van der Waals surface area contributed by atoms with E-state index in [1.165, 1.54) is 4.68 Å². The number of hydrogen-bond donors (Lipinski definition) is 1. The average Bonchev–Trinajstić information content (AvgIpc) is 2.72. The molecular weight excluding hydrogens is 346 g/mol. The molecule has 4 rings (SSSR count). The molecular formula is C20H19N3O4. The number of benzene rings is 2. The van der Waals surface area contributed by atoms with Crippen LogP contribution in [-0.2, 0) is 13.0 Å². The number of nitrogens with one attached hydrogen (secondary N) is 1. The zero-order valence-electron chi connectivity index (χ0n) is 14.9. The van der Waals surface area contributed by atoms with E-state index in [4.69, 9.17) is 9.47 Å². The smallest absolute Gasteiger partial charge is 0.274 e. The molecule has 3 aromatic rings. The highest BCUT2D eigenvalue weighted by Crippen LogP contribution is 2.30. The number of aromatic nitrogens is 2. The first-order chi connectivity index (χ1) is 13.2. The molecule has 0 saturated carbocycles. The molecule has 138 valence electrons. The summed E-state index contributed by atoms with van der Waals surface area (Å²) in [4.78, 5) is 25.0. The van der Waals surface area contributed by atoms with E-state index in [2.05, 4.69) is 10.4 Å². The highest BCUT2D eigenvalue weighted by molar-refractivity contribution is 6.04. The predicted octanol–water partition coefficient (Wildman–Crippen LogP) is 1.77. The van der Waals surface area contributed by atoms with Crippen molar-refractivity contribution < 1.29 is 14.3 Å². The van der Waals surface area contributed by atoms with Gasteiger partial charge in [-0.25, -0.2) is 4.68 Å². The van der Waals surface area contributed by atoms with Gasteiger partial charge in [-0.05, 0) is 30.2 Å². The van der Waals surface area contributed by atoms with Crippen molar-refractivity contribution in [2.45, 2.75) is 13.0 Å². The van der Waals surface area contributed by atoms with Crippen molar-refractivity contribution in [3.05, 3.63) is 64.1 Å². The van der Waals surface area contributed by atoms with Crippen molar-refractivity contribution in [2.24, 2.45) is 0 Å². The lowest BCUT2D eigenvalue weighted by Gasteiger charge is -2.19. The number of nitrogens with zero attached hydrogens (tertiary/aromatic N) is 2. The van der Waals surface area contributed by atoms with Gasteiger partial charge < -0.3 is 14.8 Å². The standard InChI is InChI=1S/C20H19N3O4/c1-21-19(24)18-14-4-2-3-5-15(14)20(25)23(22-18)9-8-13-6-7-16-17(12-13)27-11-10-26-16/h2-7,12H,8-11H2,1H3,(H,21,24). The molecule has 1 aliphatic heterocycles. The van der Waals surface area contributed by atoms with Crippen molar-refractivity contribution in [2.75, 3.05) is 20.3 Å². The molecule has 0 saturated heterocycles. The highest BCUT2D eigenvalue weighted by atomic mass is 16.6. The molecule has 0 bridgehead atoms. The van der Waals surface area contributed by atoms with Crippen molar-refractivity contribution in [3.63, 3.8) is 0 Å². The fourth-order valence-electron chi connectivity index (χ4n) is 3.15. The lowest BCUT2D eigenvalue weighted by atomic mass is 10.1. The van der Waals surface area contributed by atoms with E-state index in [1.54, 1.807) is 31.3 Å². The number of rotatable bonds is 4. The molecule has 0 atom stereocenters. The Morgan fingerprint density at radius 3 is 2.63 bits per heavy atom. The van der Waals surface area contributed by atoms with Crippen molar-refractivity contribution >= 4 is 16.7 Å². The van der Waals surface area contributed by atoms with Gasteiger partial charge in [-0.3, -0.25) is 9.59 Å². The van der Waals surface area contributed by atoms with Crippen LogP contribution in [-0.4, -0.2) is 35.9 Å². The molecule has 2 aromatic carbocycles. The Morgan fingerprint density at radius 1 is 1.11 bits per heavy atom. The van der Waals surface area contributed by atoms with E-state index >= 15 is 0 Å². The van der Waals surface area contributed by atoms with Gasteiger partial charge in [0.2, 0.25) is 0 Å². The lowest BCUT2D eigenvalue weighted by Crippen LogP contribution is -2.29. The molecule has 0 aliphatic carbocycles. The number of carbonyl (C=O) groups excluding carboxylic acids is 1. The summed E-state index contributed by atoms with van der Waals surface area (Å²) in [5.41, 5.74) is 1.04. The third kappa shape index (κ3) is 3.23. The summed E-state index contributed by atoms with van der Waals surface area (Å²) in [6, 6.07) is 12.7. The molecule has 1 aliphatic rings. The number of hydrogen-bond acceptors (Lipinski definition) is 5. The minimum atomic E-state index is -0.320. The Kier molecular flexibility index (Phi) is 4.50. The molecule has 2 heterocycles. The minimum Gasteiger partial charge on any atom is -0.486 e. The molecule has 0 radical (unpaired) electrons. The van der Waals surface area contributed by atoms with Gasteiger partial charge in [-0.2, -0.15) is 5.10 Å². The Morgan fingerprint density at radius 2 is 1.85 bits per heavy atom. The summed E-state index contributed by atoms with van der Waals surface area (Å²) in [5.74, 6) is 1.12. The van der Waals surface area contributed by atoms with E-state index in [0.29, 0.717) is 42.7 Å². The average molecular weight is 365 g/mol. The lowest BCUT2D eigenvalue weighted by molar-refractivity contribution is 0.0957. The number of ether oxygens (including phenoxy) is 2. The second-order valence-electron chi connectivity index (χ2n) is 6.23. The molecule has 1 amide bonds. The first kappa shape index (κ1) is 17.1. The first-order valence-corrected chi connectivity index (χ1v) is 8.78. The number of aryl methyl sites for hydroxylation is 2. The topological polar surface area (TPSA) is 82.5 Å². The fourth-order valence-corrected chi connectivity index (χ4v) is 3.15. The van der Waals surface area contributed by atoms with E-state index in [-0.39, 0.29) is 17.2 Å². The molecule has 1 N–H and O–H groups in total. The third-order valence-electron chi connectivity index (χ3n) is 4.53. The number of carbonyl (C=O) groups is 1. The molecule has 1 aromatic heterocycles. The first-order valence-electron chi connectivity index (χ1n) is 8.78. The zero-order chi connectivity index (χ0) is 18.8. The largest absolute Gasteiger partial charge is 0.486 e. The van der Waals surface area contributed by atoms with Crippen molar-refractivity contribution in [1.82, 2.24) is 15.1 Å². The van der Waals surface area contributed by atoms with Crippen LogP contribution in [0.3, 0.4) is 0 Å². The van der Waals surface area contributed by atoms with Gasteiger partial charge in [0.05, 0.1) is 5.39 Å². The molecule has 27 heavy (non-hydrogen) atoms. The maximum atomic E-state index is 12.8. The quantitative estimate of drug-likeness (QED) is 0.762. The molecule has 0 spiro atoms. The van der Waals surface area contributed by atoms with Crippen molar-refractivity contribution in [1.29, 1.82) is 0 Å². The van der Waals surface area contributed by atoms with Crippen LogP contribution in [0.25, 0.3) is 10.8 Å². The van der Waals surface area contributed by atoms with E-state index in [9.17, 15) is 9.59 Å². The summed E-state index contributed by atoms with van der Waals surface area (Å²) < 4.78 is 12.5. The Hall–Kier alpha value is -3.35. The van der Waals surface area contributed by atoms with Gasteiger partial charge in [-0.1, -0.05) is 24.3 Å². The van der Waals surface area contributed by atoms with Crippen LogP contribution in [0.2, 0.25) is 0 Å². The van der Waals surface area contributed by atoms with Crippen LogP contribution in [0.4, 0.5) is 0 Å². The van der Waals surface area contributed by atoms with Gasteiger partial charge in [0.15, 0.2) is 17.2 Å². The van der Waals surface area contributed by atoms with Crippen LogP contribution in [0.15, 0.2) is 47.3 Å². The van der Waals surface area contributed by atoms with Gasteiger partial charge in [-0.15, -0.1) is 0 Å². The SMILES string of the molecule is CNC(=O)c1nn(CCc2ccc3c(c2)OCCO3)c(=O)c2ccccc12. The zero-order valence-corrected chi connectivity index (χ0v) is 14.9. The number of fused-ring (bicyclic) bond motifs is 2. The van der Waals surface area contributed by atoms with Gasteiger partial charge in [0.1, 0.15) is 13.2 Å². The summed E-state index contributed by atoms with van der Waals surface area (Å²) in [6.45, 7) is 1.43. The molecule has 7 nitrogen and oxygen atoms in total.